The number of carbonyl (C=O) groups excluding carboxylic acids is 1. The van der Waals surface area contributed by atoms with Gasteiger partial charge in [0.15, 0.2) is 0 Å². The average molecular weight is 284 g/mol. The minimum absolute atomic E-state index is 0.125. The summed E-state index contributed by atoms with van der Waals surface area (Å²) in [6.45, 7) is 6.00. The number of urea groups is 1. The smallest absolute Gasteiger partial charge is 0.319 e. The Kier molecular flexibility index (Phi) is 4.52. The van der Waals surface area contributed by atoms with Crippen LogP contribution in [0.3, 0.4) is 0 Å². The number of aryl methyl sites for hydroxylation is 2. The molecule has 0 aliphatic carbocycles. The minimum atomic E-state index is -0.163. The fourth-order valence-electron chi connectivity index (χ4n) is 1.95. The number of hydrogen-bond acceptors (Lipinski definition) is 3. The highest BCUT2D eigenvalue weighted by molar-refractivity contribution is 5.89. The van der Waals surface area contributed by atoms with Crippen LogP contribution in [0.25, 0.3) is 0 Å². The Hall–Kier alpha value is -2.43. The summed E-state index contributed by atoms with van der Waals surface area (Å²) >= 11 is 0. The van der Waals surface area contributed by atoms with Crippen molar-refractivity contribution in [1.29, 1.82) is 0 Å². The van der Waals surface area contributed by atoms with Crippen molar-refractivity contribution in [3.8, 4) is 0 Å². The van der Waals surface area contributed by atoms with Crippen LogP contribution in [0.1, 0.15) is 29.8 Å². The monoisotopic (exact) mass is 284 g/mol. The number of nitrogens with one attached hydrogen (secondary N) is 1. The summed E-state index contributed by atoms with van der Waals surface area (Å²) in [5.74, 6) is 0. The first-order valence-corrected chi connectivity index (χ1v) is 6.86. The molecule has 5 nitrogen and oxygen atoms in total. The molecule has 0 bridgehead atoms. The molecule has 0 saturated heterocycles. The van der Waals surface area contributed by atoms with E-state index in [2.05, 4.69) is 15.3 Å². The highest BCUT2D eigenvalue weighted by atomic mass is 16.2. The molecular weight excluding hydrogens is 264 g/mol. The number of rotatable bonds is 3. The summed E-state index contributed by atoms with van der Waals surface area (Å²) in [6.07, 6.45) is 3.16. The molecule has 0 aliphatic heterocycles. The van der Waals surface area contributed by atoms with Crippen LogP contribution in [-0.4, -0.2) is 27.9 Å². The van der Waals surface area contributed by atoms with Gasteiger partial charge in [-0.1, -0.05) is 6.07 Å². The van der Waals surface area contributed by atoms with Gasteiger partial charge in [-0.2, -0.15) is 0 Å². The molecule has 5 heteroatoms. The molecule has 0 aliphatic rings. The summed E-state index contributed by atoms with van der Waals surface area (Å²) < 4.78 is 0. The average Bonchev–Trinajstić information content (AvgIpc) is 2.50. The van der Waals surface area contributed by atoms with Crippen LogP contribution in [-0.2, 0) is 0 Å². The second-order valence-corrected chi connectivity index (χ2v) is 5.15. The van der Waals surface area contributed by atoms with Crippen molar-refractivity contribution in [3.63, 3.8) is 0 Å². The van der Waals surface area contributed by atoms with Crippen LogP contribution in [0.4, 0.5) is 10.5 Å². The summed E-state index contributed by atoms with van der Waals surface area (Å²) in [6, 6.07) is 7.40. The third-order valence-electron chi connectivity index (χ3n) is 3.69. The molecule has 1 N–H and O–H groups in total. The van der Waals surface area contributed by atoms with Crippen molar-refractivity contribution in [2.24, 2.45) is 0 Å². The number of nitrogens with zero attached hydrogens (tertiary/aromatic N) is 3. The first-order valence-electron chi connectivity index (χ1n) is 6.86. The Bertz CT molecular complexity index is 627. The Morgan fingerprint density at radius 2 is 2.00 bits per heavy atom. The Labute approximate surface area is 125 Å². The lowest BCUT2D eigenvalue weighted by atomic mass is 10.1. The van der Waals surface area contributed by atoms with Crippen LogP contribution < -0.4 is 5.32 Å². The molecule has 21 heavy (non-hydrogen) atoms. The third-order valence-corrected chi connectivity index (χ3v) is 3.69. The van der Waals surface area contributed by atoms with Crippen molar-refractivity contribution in [2.45, 2.75) is 26.8 Å². The summed E-state index contributed by atoms with van der Waals surface area (Å²) in [5.41, 5.74) is 3.96. The van der Waals surface area contributed by atoms with Crippen molar-refractivity contribution in [2.75, 3.05) is 12.4 Å². The van der Waals surface area contributed by atoms with E-state index in [1.807, 2.05) is 45.0 Å². The quantitative estimate of drug-likeness (QED) is 0.940. The number of amides is 2. The fourth-order valence-corrected chi connectivity index (χ4v) is 1.95. The van der Waals surface area contributed by atoms with Crippen LogP contribution in [0, 0.1) is 13.8 Å². The maximum Gasteiger partial charge on any atom is 0.322 e. The van der Waals surface area contributed by atoms with Gasteiger partial charge in [0.25, 0.3) is 0 Å². The predicted octanol–water partition coefficient (Wildman–Crippen LogP) is 3.32. The molecule has 0 saturated carbocycles. The zero-order chi connectivity index (χ0) is 15.4. The number of carbonyl (C=O) groups is 1. The third kappa shape index (κ3) is 3.56. The maximum atomic E-state index is 12.3. The molecule has 0 unspecified atom stereocenters. The van der Waals surface area contributed by atoms with Gasteiger partial charge >= 0.3 is 6.03 Å². The number of anilines is 1. The maximum absolute atomic E-state index is 12.3. The summed E-state index contributed by atoms with van der Waals surface area (Å²) in [7, 11) is 1.75. The number of hydrogen-bond donors (Lipinski definition) is 1. The molecule has 1 heterocycles. The van der Waals surface area contributed by atoms with Gasteiger partial charge in [0.05, 0.1) is 11.7 Å². The van der Waals surface area contributed by atoms with E-state index in [0.717, 1.165) is 16.9 Å². The highest BCUT2D eigenvalue weighted by Crippen LogP contribution is 2.18. The van der Waals surface area contributed by atoms with Gasteiger partial charge < -0.3 is 10.2 Å². The fraction of sp³-hybridized carbons (Fsp3) is 0.312. The van der Waals surface area contributed by atoms with Crippen LogP contribution in [0.5, 0.6) is 0 Å². The predicted molar refractivity (Wildman–Crippen MR) is 83.1 cm³/mol. The topological polar surface area (TPSA) is 58.1 Å². The Morgan fingerprint density at radius 3 is 2.62 bits per heavy atom. The van der Waals surface area contributed by atoms with E-state index in [4.69, 9.17) is 0 Å². The van der Waals surface area contributed by atoms with E-state index < -0.39 is 0 Å². The van der Waals surface area contributed by atoms with Crippen molar-refractivity contribution < 1.29 is 4.79 Å². The molecule has 1 aromatic heterocycles. The van der Waals surface area contributed by atoms with E-state index in [0.29, 0.717) is 0 Å². The van der Waals surface area contributed by atoms with Gasteiger partial charge in [-0.3, -0.25) is 0 Å². The van der Waals surface area contributed by atoms with Gasteiger partial charge in [-0.25, -0.2) is 14.8 Å². The lowest BCUT2D eigenvalue weighted by molar-refractivity contribution is 0.207. The highest BCUT2D eigenvalue weighted by Gasteiger charge is 2.18. The van der Waals surface area contributed by atoms with Crippen LogP contribution in [0.2, 0.25) is 0 Å². The summed E-state index contributed by atoms with van der Waals surface area (Å²) in [4.78, 5) is 22.0. The van der Waals surface area contributed by atoms with Gasteiger partial charge in [0, 0.05) is 18.9 Å². The van der Waals surface area contributed by atoms with E-state index in [1.165, 1.54) is 11.9 Å². The van der Waals surface area contributed by atoms with Crippen molar-refractivity contribution in [3.05, 3.63) is 53.6 Å². The van der Waals surface area contributed by atoms with Crippen molar-refractivity contribution >= 4 is 11.7 Å². The van der Waals surface area contributed by atoms with Crippen LogP contribution in [0.15, 0.2) is 36.8 Å². The first-order chi connectivity index (χ1) is 9.99. The standard InChI is InChI=1S/C16H20N4O/c1-11-5-6-14(9-12(11)2)19-16(21)20(4)13(3)15-7-8-17-10-18-15/h5-10,13H,1-4H3,(H,19,21)/t13-/m1/s1. The zero-order valence-corrected chi connectivity index (χ0v) is 12.8. The minimum Gasteiger partial charge on any atom is -0.319 e. The normalized spacial score (nSPS) is 11.8. The second-order valence-electron chi connectivity index (χ2n) is 5.15. The first kappa shape index (κ1) is 15.0. The van der Waals surface area contributed by atoms with E-state index in [1.54, 1.807) is 18.1 Å². The molecular formula is C16H20N4O. The molecule has 2 amide bonds. The molecule has 0 fully saturated rings. The van der Waals surface area contributed by atoms with Gasteiger partial charge in [-0.15, -0.1) is 0 Å². The van der Waals surface area contributed by atoms with Gasteiger partial charge in [0.1, 0.15) is 6.33 Å². The second kappa shape index (κ2) is 6.35. The SMILES string of the molecule is Cc1ccc(NC(=O)N(C)[C@H](C)c2ccncn2)cc1C. The van der Waals surface area contributed by atoms with E-state index in [9.17, 15) is 4.79 Å². The number of aromatic nitrogens is 2. The largest absolute Gasteiger partial charge is 0.322 e. The molecule has 1 atom stereocenters. The zero-order valence-electron chi connectivity index (χ0n) is 12.8. The summed E-state index contributed by atoms with van der Waals surface area (Å²) in [5, 5.41) is 2.90. The lowest BCUT2D eigenvalue weighted by Crippen LogP contribution is -2.34. The molecule has 110 valence electrons. The van der Waals surface area contributed by atoms with E-state index in [-0.39, 0.29) is 12.1 Å². The molecule has 0 spiro atoms. The molecule has 2 aromatic rings. The van der Waals surface area contributed by atoms with E-state index >= 15 is 0 Å². The lowest BCUT2D eigenvalue weighted by Gasteiger charge is -2.24. The van der Waals surface area contributed by atoms with Crippen molar-refractivity contribution in [1.82, 2.24) is 14.9 Å². The Morgan fingerprint density at radius 1 is 1.24 bits per heavy atom. The van der Waals surface area contributed by atoms with Gasteiger partial charge in [-0.05, 0) is 50.1 Å². The molecule has 0 radical (unpaired) electrons. The van der Waals surface area contributed by atoms with Gasteiger partial charge in [0.2, 0.25) is 0 Å². The van der Waals surface area contributed by atoms with Crippen LogP contribution >= 0.6 is 0 Å². The number of benzene rings is 1. The molecule has 2 rings (SSSR count). The molecule has 1 aromatic carbocycles. The Balaban J connectivity index is 2.07.